The molecule has 5 heterocycles. The summed E-state index contributed by atoms with van der Waals surface area (Å²) < 4.78 is 26.6. The molecule has 0 bridgehead atoms. The Balaban J connectivity index is 1.50. The van der Waals surface area contributed by atoms with E-state index in [9.17, 15) is 0 Å². The number of nitrogens with zero attached hydrogens (tertiary/aromatic N) is 2. The Labute approximate surface area is 305 Å². The lowest BCUT2D eigenvalue weighted by atomic mass is 9.87. The SMILES string of the molecule is Cc1c2oc3cc(C(C)(C)C)ccc3n3c4c5ccccc5cc5oc6cc7ccccc7c7c6p(c54)c(c23)c2c1oc1cc(C(C)(C)C)ccc1n72. The van der Waals surface area contributed by atoms with Crippen LogP contribution in [0, 0.1) is 6.92 Å². The maximum Gasteiger partial charge on any atom is 0.159 e. The van der Waals surface area contributed by atoms with Crippen LogP contribution in [0.5, 0.6) is 0 Å². The van der Waals surface area contributed by atoms with E-state index in [1.165, 1.54) is 48.3 Å². The molecule has 5 nitrogen and oxygen atoms in total. The zero-order valence-corrected chi connectivity index (χ0v) is 31.7. The standard InChI is InChI=1S/C47H37N2O3P/c1-24-41-39-45-40-42(24)52-34-23-28(47(5,6)7)17-19-32(34)49(40)38-30-15-11-9-13-26(30)21-36-44(38)53(45)43-35(50-36)20-25-12-8-10-14-29(25)37(43)48(39)31-18-16-27(46(2,3)4)22-33(31)51-41/h8-23H,1-7H3. The molecule has 0 atom stereocenters. The highest BCUT2D eigenvalue weighted by atomic mass is 31.1. The van der Waals surface area contributed by atoms with Gasteiger partial charge in [0.25, 0.3) is 0 Å². The smallest absolute Gasteiger partial charge is 0.159 e. The first kappa shape index (κ1) is 29.9. The van der Waals surface area contributed by atoms with Crippen LogP contribution in [-0.2, 0) is 10.8 Å². The molecule has 0 fully saturated rings. The van der Waals surface area contributed by atoms with Crippen LogP contribution in [0.15, 0.2) is 110 Å². The fourth-order valence-electron chi connectivity index (χ4n) is 9.16. The van der Waals surface area contributed by atoms with Crippen LogP contribution < -0.4 is 0 Å². The van der Waals surface area contributed by atoms with Crippen molar-refractivity contribution in [1.82, 2.24) is 8.80 Å². The number of fused-ring (bicyclic) bond motifs is 10. The van der Waals surface area contributed by atoms with Crippen molar-refractivity contribution < 1.29 is 13.3 Å². The third kappa shape index (κ3) is 3.64. The lowest BCUT2D eigenvalue weighted by Crippen LogP contribution is -2.11. The summed E-state index contributed by atoms with van der Waals surface area (Å²) in [5, 5.41) is 8.52. The number of rotatable bonds is 0. The molecule has 0 unspecified atom stereocenters. The molecule has 0 radical (unpaired) electrons. The first-order valence-electron chi connectivity index (χ1n) is 18.5. The zero-order chi connectivity index (χ0) is 35.9. The van der Waals surface area contributed by atoms with Gasteiger partial charge in [-0.25, -0.2) is 0 Å². The van der Waals surface area contributed by atoms with E-state index in [-0.39, 0.29) is 10.8 Å². The monoisotopic (exact) mass is 708 g/mol. The van der Waals surface area contributed by atoms with Crippen LogP contribution >= 0.6 is 7.34 Å². The molecule has 7 aromatic carbocycles. The minimum Gasteiger partial charge on any atom is -0.455 e. The minimum absolute atomic E-state index is 0.0425. The highest BCUT2D eigenvalue weighted by molar-refractivity contribution is 7.63. The summed E-state index contributed by atoms with van der Waals surface area (Å²) in [5.41, 5.74) is 15.4. The lowest BCUT2D eigenvalue weighted by Gasteiger charge is -2.27. The second-order valence-electron chi connectivity index (χ2n) is 17.1. The molecule has 0 aliphatic rings. The third-order valence-electron chi connectivity index (χ3n) is 11.8. The molecule has 6 heteroatoms. The van der Waals surface area contributed by atoms with Gasteiger partial charge in [0.15, 0.2) is 22.3 Å². The van der Waals surface area contributed by atoms with Crippen LogP contribution in [0.1, 0.15) is 58.2 Å². The molecule has 0 spiro atoms. The second-order valence-corrected chi connectivity index (χ2v) is 19.1. The Bertz CT molecular complexity index is 3370. The summed E-state index contributed by atoms with van der Waals surface area (Å²) in [7, 11) is -1.09. The van der Waals surface area contributed by atoms with Crippen molar-refractivity contribution in [3.8, 4) is 0 Å². The molecular weight excluding hydrogens is 672 g/mol. The molecule has 5 aromatic heterocycles. The van der Waals surface area contributed by atoms with Gasteiger partial charge in [-0.15, -0.1) is 0 Å². The van der Waals surface area contributed by atoms with Gasteiger partial charge in [0.05, 0.1) is 37.4 Å². The van der Waals surface area contributed by atoms with Crippen molar-refractivity contribution >= 4 is 111 Å². The number of aryl methyl sites for hydroxylation is 1. The van der Waals surface area contributed by atoms with E-state index in [2.05, 4.69) is 154 Å². The fraction of sp³-hybridized carbons (Fsp3) is 0.191. The molecular formula is C47H37N2O3P. The number of hydrogen-bond acceptors (Lipinski definition) is 3. The number of benzene rings is 7. The van der Waals surface area contributed by atoms with E-state index in [1.54, 1.807) is 0 Å². The van der Waals surface area contributed by atoms with Gasteiger partial charge in [-0.2, -0.15) is 0 Å². The van der Waals surface area contributed by atoms with Crippen LogP contribution in [-0.4, -0.2) is 8.80 Å². The van der Waals surface area contributed by atoms with E-state index in [0.29, 0.717) is 0 Å². The minimum atomic E-state index is -1.09. The Kier molecular flexibility index (Phi) is 5.34. The Morgan fingerprint density at radius 1 is 0.472 bits per heavy atom. The van der Waals surface area contributed by atoms with Gasteiger partial charge in [-0.3, -0.25) is 0 Å². The van der Waals surface area contributed by atoms with E-state index in [0.717, 1.165) is 71.9 Å². The van der Waals surface area contributed by atoms with Crippen molar-refractivity contribution in [3.63, 3.8) is 0 Å². The van der Waals surface area contributed by atoms with Crippen molar-refractivity contribution in [2.45, 2.75) is 59.3 Å². The van der Waals surface area contributed by atoms with E-state index >= 15 is 0 Å². The average molecular weight is 709 g/mol. The molecule has 0 aliphatic carbocycles. The van der Waals surface area contributed by atoms with E-state index in [1.807, 2.05) is 0 Å². The fourth-order valence-corrected chi connectivity index (χ4v) is 12.2. The van der Waals surface area contributed by atoms with Crippen LogP contribution in [0.3, 0.4) is 0 Å². The zero-order valence-electron chi connectivity index (χ0n) is 30.8. The van der Waals surface area contributed by atoms with Crippen molar-refractivity contribution in [2.75, 3.05) is 0 Å². The topological polar surface area (TPSA) is 48.2 Å². The largest absolute Gasteiger partial charge is 0.455 e. The van der Waals surface area contributed by atoms with Gasteiger partial charge in [-0.1, -0.05) is 110 Å². The summed E-state index contributed by atoms with van der Waals surface area (Å²) in [5.74, 6) is 0. The highest BCUT2D eigenvalue weighted by Crippen LogP contribution is 2.59. The molecule has 258 valence electrons. The van der Waals surface area contributed by atoms with Gasteiger partial charge in [0.2, 0.25) is 0 Å². The van der Waals surface area contributed by atoms with Gasteiger partial charge in [0, 0.05) is 16.3 Å². The quantitative estimate of drug-likeness (QED) is 0.116. The first-order valence-corrected chi connectivity index (χ1v) is 19.9. The lowest BCUT2D eigenvalue weighted by molar-refractivity contribution is 0.585. The first-order chi connectivity index (χ1) is 25.5. The van der Waals surface area contributed by atoms with Gasteiger partial charge < -0.3 is 22.1 Å². The number of hydrogen-bond donors (Lipinski definition) is 0. The Hall–Kier alpha value is -5.64. The van der Waals surface area contributed by atoms with Crippen LogP contribution in [0.4, 0.5) is 0 Å². The molecule has 0 saturated carbocycles. The second kappa shape index (κ2) is 9.47. The normalized spacial score (nSPS) is 13.6. The summed E-state index contributed by atoms with van der Waals surface area (Å²) in [6, 6.07) is 35.6. The maximum atomic E-state index is 7.20. The third-order valence-corrected chi connectivity index (χ3v) is 14.5. The summed E-state index contributed by atoms with van der Waals surface area (Å²) >= 11 is 0. The van der Waals surface area contributed by atoms with Crippen molar-refractivity contribution in [3.05, 3.63) is 114 Å². The molecule has 0 amide bonds. The molecule has 0 saturated heterocycles. The summed E-state index contributed by atoms with van der Waals surface area (Å²) in [6.07, 6.45) is 0. The van der Waals surface area contributed by atoms with Crippen LogP contribution in [0.25, 0.3) is 103 Å². The average Bonchev–Trinajstić information content (AvgIpc) is 3.14. The van der Waals surface area contributed by atoms with E-state index in [4.69, 9.17) is 13.3 Å². The summed E-state index contributed by atoms with van der Waals surface area (Å²) in [4.78, 5) is 0. The Morgan fingerprint density at radius 2 is 0.925 bits per heavy atom. The molecule has 0 aliphatic heterocycles. The Morgan fingerprint density at radius 3 is 1.38 bits per heavy atom. The van der Waals surface area contributed by atoms with Crippen LogP contribution in [0.2, 0.25) is 0 Å². The maximum absolute atomic E-state index is 7.20. The number of aromatic nitrogens is 2. The predicted octanol–water partition coefficient (Wildman–Crippen LogP) is 14.5. The van der Waals surface area contributed by atoms with Crippen molar-refractivity contribution in [1.29, 1.82) is 0 Å². The molecule has 12 aromatic rings. The van der Waals surface area contributed by atoms with E-state index < -0.39 is 7.34 Å². The molecule has 12 rings (SSSR count). The van der Waals surface area contributed by atoms with Gasteiger partial charge in [-0.05, 0) is 76.1 Å². The highest BCUT2D eigenvalue weighted by Gasteiger charge is 2.31. The predicted molar refractivity (Wildman–Crippen MR) is 223 cm³/mol. The molecule has 53 heavy (non-hydrogen) atoms. The molecule has 0 N–H and O–H groups in total. The van der Waals surface area contributed by atoms with Crippen molar-refractivity contribution in [2.24, 2.45) is 0 Å². The van der Waals surface area contributed by atoms with Gasteiger partial charge >= 0.3 is 0 Å². The van der Waals surface area contributed by atoms with Gasteiger partial charge in [0.1, 0.15) is 22.2 Å². The summed E-state index contributed by atoms with van der Waals surface area (Å²) in [6.45, 7) is 15.7.